The summed E-state index contributed by atoms with van der Waals surface area (Å²) in [4.78, 5) is 24.7. The summed E-state index contributed by atoms with van der Waals surface area (Å²) in [5.74, 6) is 0.183. The minimum absolute atomic E-state index is 0.262. The fourth-order valence-electron chi connectivity index (χ4n) is 2.53. The summed E-state index contributed by atoms with van der Waals surface area (Å²) in [6.07, 6.45) is 0. The first-order valence-corrected chi connectivity index (χ1v) is 9.15. The Morgan fingerprint density at radius 3 is 1.96 bits per heavy atom. The molecule has 5 nitrogen and oxygen atoms in total. The molecule has 0 radical (unpaired) electrons. The lowest BCUT2D eigenvalue weighted by Gasteiger charge is -2.09. The molecule has 0 saturated carbocycles. The third-order valence-electron chi connectivity index (χ3n) is 3.95. The number of benzene rings is 3. The number of ether oxygens (including phenoxy) is 1. The number of amides is 2. The van der Waals surface area contributed by atoms with Gasteiger partial charge in [-0.2, -0.15) is 0 Å². The lowest BCUT2D eigenvalue weighted by atomic mass is 10.1. The highest BCUT2D eigenvalue weighted by atomic mass is 35.5. The van der Waals surface area contributed by atoms with Crippen LogP contribution in [-0.2, 0) is 0 Å². The molecule has 142 valence electrons. The third kappa shape index (κ3) is 4.90. The highest BCUT2D eigenvalue weighted by molar-refractivity contribution is 6.33. The average Bonchev–Trinajstić information content (AvgIpc) is 2.71. The second kappa shape index (κ2) is 9.06. The van der Waals surface area contributed by atoms with Gasteiger partial charge < -0.3 is 15.4 Å². The maximum atomic E-state index is 12.4. The van der Waals surface area contributed by atoms with Gasteiger partial charge in [0.15, 0.2) is 0 Å². The summed E-state index contributed by atoms with van der Waals surface area (Å²) in [7, 11) is 0. The molecule has 0 heterocycles. The van der Waals surface area contributed by atoms with Gasteiger partial charge in [-0.25, -0.2) is 0 Å². The van der Waals surface area contributed by atoms with Gasteiger partial charge in [0.05, 0.1) is 17.3 Å². The van der Waals surface area contributed by atoms with Crippen molar-refractivity contribution in [3.8, 4) is 5.75 Å². The van der Waals surface area contributed by atoms with Crippen molar-refractivity contribution in [3.63, 3.8) is 0 Å². The molecule has 6 heteroatoms. The van der Waals surface area contributed by atoms with E-state index >= 15 is 0 Å². The van der Waals surface area contributed by atoms with E-state index in [9.17, 15) is 9.59 Å². The van der Waals surface area contributed by atoms with Gasteiger partial charge in [-0.1, -0.05) is 23.7 Å². The Bertz CT molecular complexity index is 970. The fraction of sp³-hybridized carbons (Fsp3) is 0.0909. The van der Waals surface area contributed by atoms with Crippen molar-refractivity contribution in [1.29, 1.82) is 0 Å². The van der Waals surface area contributed by atoms with Gasteiger partial charge in [0, 0.05) is 16.8 Å². The first-order chi connectivity index (χ1) is 13.6. The molecule has 0 saturated heterocycles. The minimum atomic E-state index is -0.299. The van der Waals surface area contributed by atoms with Crippen LogP contribution >= 0.6 is 11.6 Å². The maximum absolute atomic E-state index is 12.4. The van der Waals surface area contributed by atoms with E-state index in [0.29, 0.717) is 34.1 Å². The van der Waals surface area contributed by atoms with Crippen LogP contribution in [0.15, 0.2) is 72.8 Å². The predicted octanol–water partition coefficient (Wildman–Crippen LogP) is 5.24. The normalized spacial score (nSPS) is 10.2. The lowest BCUT2D eigenvalue weighted by molar-refractivity contribution is 0.101. The molecule has 0 unspecified atom stereocenters. The zero-order valence-corrected chi connectivity index (χ0v) is 16.0. The number of rotatable bonds is 6. The van der Waals surface area contributed by atoms with Gasteiger partial charge in [-0.3, -0.25) is 9.59 Å². The highest BCUT2D eigenvalue weighted by Crippen LogP contribution is 2.21. The lowest BCUT2D eigenvalue weighted by Crippen LogP contribution is -2.14. The molecule has 0 aromatic heterocycles. The van der Waals surface area contributed by atoms with Gasteiger partial charge in [0.25, 0.3) is 11.8 Å². The molecule has 2 N–H and O–H groups in total. The molecule has 0 spiro atoms. The van der Waals surface area contributed by atoms with E-state index in [1.807, 2.05) is 6.92 Å². The van der Waals surface area contributed by atoms with Crippen LogP contribution in [0.2, 0.25) is 5.02 Å². The minimum Gasteiger partial charge on any atom is -0.494 e. The molecule has 28 heavy (non-hydrogen) atoms. The fourth-order valence-corrected chi connectivity index (χ4v) is 2.72. The summed E-state index contributed by atoms with van der Waals surface area (Å²) in [5, 5.41) is 6.02. The second-order valence-electron chi connectivity index (χ2n) is 5.92. The zero-order valence-electron chi connectivity index (χ0n) is 15.2. The third-order valence-corrected chi connectivity index (χ3v) is 4.28. The van der Waals surface area contributed by atoms with Gasteiger partial charge in [0.2, 0.25) is 0 Å². The van der Waals surface area contributed by atoms with E-state index < -0.39 is 0 Å². The zero-order chi connectivity index (χ0) is 19.9. The topological polar surface area (TPSA) is 67.4 Å². The average molecular weight is 395 g/mol. The van der Waals surface area contributed by atoms with Gasteiger partial charge >= 0.3 is 0 Å². The molecule has 0 aliphatic rings. The van der Waals surface area contributed by atoms with Crippen LogP contribution in [0.5, 0.6) is 5.75 Å². The van der Waals surface area contributed by atoms with Crippen LogP contribution in [0.25, 0.3) is 0 Å². The van der Waals surface area contributed by atoms with Crippen molar-refractivity contribution in [2.24, 2.45) is 0 Å². The predicted molar refractivity (Wildman–Crippen MR) is 111 cm³/mol. The monoisotopic (exact) mass is 394 g/mol. The van der Waals surface area contributed by atoms with Crippen LogP contribution in [0, 0.1) is 0 Å². The van der Waals surface area contributed by atoms with E-state index in [1.165, 1.54) is 0 Å². The summed E-state index contributed by atoms with van der Waals surface area (Å²) >= 11 is 6.05. The second-order valence-corrected chi connectivity index (χ2v) is 6.33. The van der Waals surface area contributed by atoms with E-state index in [1.54, 1.807) is 72.8 Å². The number of carbonyl (C=O) groups is 2. The first kappa shape index (κ1) is 19.5. The van der Waals surface area contributed by atoms with E-state index in [0.717, 1.165) is 5.75 Å². The number of hydrogen-bond donors (Lipinski definition) is 2. The molecule has 3 aromatic carbocycles. The molecule has 0 atom stereocenters. The summed E-state index contributed by atoms with van der Waals surface area (Å²) < 4.78 is 5.38. The molecule has 0 aliphatic carbocycles. The number of nitrogens with one attached hydrogen (secondary N) is 2. The summed E-state index contributed by atoms with van der Waals surface area (Å²) in [6.45, 7) is 2.50. The van der Waals surface area contributed by atoms with Crippen LogP contribution in [-0.4, -0.2) is 18.4 Å². The Morgan fingerprint density at radius 2 is 1.39 bits per heavy atom. The Balaban J connectivity index is 1.63. The smallest absolute Gasteiger partial charge is 0.255 e. The molecule has 0 aliphatic heterocycles. The van der Waals surface area contributed by atoms with Crippen molar-refractivity contribution in [2.45, 2.75) is 6.92 Å². The van der Waals surface area contributed by atoms with Crippen molar-refractivity contribution < 1.29 is 14.3 Å². The number of anilines is 2. The van der Waals surface area contributed by atoms with Crippen molar-refractivity contribution in [3.05, 3.63) is 88.9 Å². The summed E-state index contributed by atoms with van der Waals surface area (Å²) in [6, 6.07) is 20.5. The molecule has 3 aromatic rings. The highest BCUT2D eigenvalue weighted by Gasteiger charge is 2.11. The Morgan fingerprint density at radius 1 is 0.821 bits per heavy atom. The quantitative estimate of drug-likeness (QED) is 0.600. The van der Waals surface area contributed by atoms with Crippen LogP contribution < -0.4 is 15.4 Å². The van der Waals surface area contributed by atoms with Crippen molar-refractivity contribution in [2.75, 3.05) is 17.2 Å². The van der Waals surface area contributed by atoms with Crippen LogP contribution in [0.3, 0.4) is 0 Å². The number of para-hydroxylation sites is 1. The van der Waals surface area contributed by atoms with Crippen molar-refractivity contribution in [1.82, 2.24) is 0 Å². The van der Waals surface area contributed by atoms with Gasteiger partial charge in [-0.15, -0.1) is 0 Å². The van der Waals surface area contributed by atoms with E-state index in [-0.39, 0.29) is 11.8 Å². The van der Waals surface area contributed by atoms with E-state index in [4.69, 9.17) is 16.3 Å². The number of halogens is 1. The maximum Gasteiger partial charge on any atom is 0.255 e. The van der Waals surface area contributed by atoms with Gasteiger partial charge in [-0.05, 0) is 67.6 Å². The molecule has 0 bridgehead atoms. The first-order valence-electron chi connectivity index (χ1n) is 8.77. The molecule has 2 amide bonds. The van der Waals surface area contributed by atoms with Crippen molar-refractivity contribution >= 4 is 34.8 Å². The molecular weight excluding hydrogens is 376 g/mol. The Kier molecular flexibility index (Phi) is 6.29. The Hall–Kier alpha value is -3.31. The summed E-state index contributed by atoms with van der Waals surface area (Å²) in [5.41, 5.74) is 2.07. The number of carbonyl (C=O) groups excluding carboxylic acids is 2. The Labute approximate surface area is 168 Å². The largest absolute Gasteiger partial charge is 0.494 e. The molecular formula is C22H19ClN2O3. The number of hydrogen-bond acceptors (Lipinski definition) is 3. The molecule has 0 fully saturated rings. The van der Waals surface area contributed by atoms with Gasteiger partial charge in [0.1, 0.15) is 5.75 Å². The van der Waals surface area contributed by atoms with Crippen LogP contribution in [0.4, 0.5) is 11.4 Å². The SMILES string of the molecule is CCOc1ccc(NC(=O)c2ccc(C(=O)Nc3ccccc3Cl)cc2)cc1. The standard InChI is InChI=1S/C22H19ClN2O3/c1-2-28-18-13-11-17(12-14-18)24-21(26)15-7-9-16(10-8-15)22(27)25-20-6-4-3-5-19(20)23/h3-14H,2H2,1H3,(H,24,26)(H,25,27). The molecule has 3 rings (SSSR count). The van der Waals surface area contributed by atoms with E-state index in [2.05, 4.69) is 10.6 Å². The van der Waals surface area contributed by atoms with Crippen LogP contribution in [0.1, 0.15) is 27.6 Å².